The van der Waals surface area contributed by atoms with Gasteiger partial charge in [0.25, 0.3) is 0 Å². The molecule has 1 N–H and O–H groups in total. The first-order chi connectivity index (χ1) is 12.9. The average molecular weight is 381 g/mol. The molecule has 0 saturated carbocycles. The predicted octanol–water partition coefficient (Wildman–Crippen LogP) is 4.53. The first kappa shape index (κ1) is 19.5. The van der Waals surface area contributed by atoms with Crippen molar-refractivity contribution in [2.24, 2.45) is 0 Å². The zero-order valence-electron chi connectivity index (χ0n) is 16.0. The Kier molecular flexibility index (Phi) is 5.94. The maximum absolute atomic E-state index is 11.9. The highest BCUT2D eigenvalue weighted by Crippen LogP contribution is 2.41. The van der Waals surface area contributed by atoms with Gasteiger partial charge in [-0.3, -0.25) is 0 Å². The summed E-state index contributed by atoms with van der Waals surface area (Å²) in [4.78, 5) is 13.3. The van der Waals surface area contributed by atoms with Crippen LogP contribution in [0.4, 0.5) is 0 Å². The summed E-state index contributed by atoms with van der Waals surface area (Å²) in [7, 11) is 0. The van der Waals surface area contributed by atoms with E-state index in [0.29, 0.717) is 17.7 Å². The number of hydrogen-bond acceptors (Lipinski definition) is 4. The molecule has 3 rings (SSSR count). The van der Waals surface area contributed by atoms with Crippen LogP contribution in [0.2, 0.25) is 0 Å². The molecule has 2 aromatic carbocycles. The molecule has 140 valence electrons. The number of ether oxygens (including phenoxy) is 1. The van der Waals surface area contributed by atoms with Crippen LogP contribution in [-0.4, -0.2) is 23.4 Å². The third-order valence-corrected chi connectivity index (χ3v) is 5.89. The molecule has 0 spiro atoms. The van der Waals surface area contributed by atoms with E-state index in [0.717, 1.165) is 23.3 Å². The number of rotatable bonds is 3. The van der Waals surface area contributed by atoms with Gasteiger partial charge in [-0.05, 0) is 72.0 Å². The minimum absolute atomic E-state index is 0.170. The van der Waals surface area contributed by atoms with Crippen LogP contribution < -0.4 is 0 Å². The number of carbonyl (C=O) groups is 1. The van der Waals surface area contributed by atoms with Gasteiger partial charge < -0.3 is 9.84 Å². The summed E-state index contributed by atoms with van der Waals surface area (Å²) in [6, 6.07) is 11.6. The Morgan fingerprint density at radius 2 is 1.89 bits per heavy atom. The first-order valence-electron chi connectivity index (χ1n) is 9.15. The SMILES string of the molecule is CCOC(=O)c1ccc(C#Cc2ccc3c(c2)C(C)(C)CCS3)cc1CO. The first-order valence-corrected chi connectivity index (χ1v) is 10.1. The largest absolute Gasteiger partial charge is 0.462 e. The van der Waals surface area contributed by atoms with Crippen molar-refractivity contribution in [3.8, 4) is 11.8 Å². The second kappa shape index (κ2) is 8.21. The van der Waals surface area contributed by atoms with Crippen molar-refractivity contribution in [3.63, 3.8) is 0 Å². The molecule has 1 heterocycles. The highest BCUT2D eigenvalue weighted by molar-refractivity contribution is 7.99. The molecule has 0 radical (unpaired) electrons. The lowest BCUT2D eigenvalue weighted by atomic mass is 9.81. The van der Waals surface area contributed by atoms with Crippen molar-refractivity contribution < 1.29 is 14.6 Å². The molecule has 27 heavy (non-hydrogen) atoms. The standard InChI is InChI=1S/C23H24O3S/c1-4-26-22(25)19-9-7-16(13-18(19)15-24)5-6-17-8-10-21-20(14-17)23(2,3)11-12-27-21/h7-10,13-14,24H,4,11-12,15H2,1-3H3. The summed E-state index contributed by atoms with van der Waals surface area (Å²) in [5.41, 5.74) is 4.19. The molecular formula is C23H24O3S. The molecule has 0 aliphatic carbocycles. The van der Waals surface area contributed by atoms with Crippen molar-refractivity contribution in [2.45, 2.75) is 44.1 Å². The number of fused-ring (bicyclic) bond motifs is 1. The van der Waals surface area contributed by atoms with E-state index < -0.39 is 5.97 Å². The van der Waals surface area contributed by atoms with Crippen molar-refractivity contribution in [1.29, 1.82) is 0 Å². The molecule has 1 aliphatic rings. The average Bonchev–Trinajstić information content (AvgIpc) is 2.66. The fourth-order valence-corrected chi connectivity index (χ4v) is 4.66. The third-order valence-electron chi connectivity index (χ3n) is 4.82. The maximum atomic E-state index is 11.9. The van der Waals surface area contributed by atoms with Gasteiger partial charge in [0.1, 0.15) is 0 Å². The number of hydrogen-bond donors (Lipinski definition) is 1. The van der Waals surface area contributed by atoms with Gasteiger partial charge >= 0.3 is 5.97 Å². The highest BCUT2D eigenvalue weighted by Gasteiger charge is 2.27. The van der Waals surface area contributed by atoms with Gasteiger partial charge in [-0.2, -0.15) is 0 Å². The zero-order valence-corrected chi connectivity index (χ0v) is 16.8. The number of esters is 1. The van der Waals surface area contributed by atoms with Crippen LogP contribution in [0.1, 0.15) is 59.8 Å². The second-order valence-corrected chi connectivity index (χ2v) is 8.33. The molecule has 0 unspecified atom stereocenters. The van der Waals surface area contributed by atoms with Gasteiger partial charge in [-0.1, -0.05) is 25.7 Å². The van der Waals surface area contributed by atoms with E-state index in [1.54, 1.807) is 25.1 Å². The molecule has 2 aromatic rings. The topological polar surface area (TPSA) is 46.5 Å². The minimum Gasteiger partial charge on any atom is -0.462 e. The smallest absolute Gasteiger partial charge is 0.338 e. The molecule has 1 aliphatic heterocycles. The highest BCUT2D eigenvalue weighted by atomic mass is 32.2. The van der Waals surface area contributed by atoms with E-state index in [9.17, 15) is 9.90 Å². The van der Waals surface area contributed by atoms with E-state index in [-0.39, 0.29) is 12.0 Å². The van der Waals surface area contributed by atoms with E-state index in [1.165, 1.54) is 10.5 Å². The van der Waals surface area contributed by atoms with Crippen LogP contribution in [0, 0.1) is 11.8 Å². The Bertz CT molecular complexity index is 919. The molecule has 0 amide bonds. The summed E-state index contributed by atoms with van der Waals surface area (Å²) in [6.07, 6.45) is 1.16. The Labute approximate surface area is 165 Å². The van der Waals surface area contributed by atoms with Gasteiger partial charge in [-0.15, -0.1) is 11.8 Å². The fraction of sp³-hybridized carbons (Fsp3) is 0.348. The van der Waals surface area contributed by atoms with Crippen LogP contribution in [-0.2, 0) is 16.8 Å². The number of aliphatic hydroxyl groups is 1. The summed E-state index contributed by atoms with van der Waals surface area (Å²) in [6.45, 7) is 6.40. The summed E-state index contributed by atoms with van der Waals surface area (Å²) in [5, 5.41) is 9.58. The Balaban J connectivity index is 1.89. The third kappa shape index (κ3) is 4.37. The van der Waals surface area contributed by atoms with E-state index >= 15 is 0 Å². The van der Waals surface area contributed by atoms with Crippen molar-refractivity contribution in [1.82, 2.24) is 0 Å². The van der Waals surface area contributed by atoms with Gasteiger partial charge in [0.2, 0.25) is 0 Å². The number of carbonyl (C=O) groups excluding carboxylic acids is 1. The van der Waals surface area contributed by atoms with Gasteiger partial charge in [0.05, 0.1) is 18.8 Å². The quantitative estimate of drug-likeness (QED) is 0.628. The molecule has 0 aromatic heterocycles. The van der Waals surface area contributed by atoms with Crippen LogP contribution in [0.25, 0.3) is 0 Å². The molecule has 0 atom stereocenters. The predicted molar refractivity (Wildman–Crippen MR) is 109 cm³/mol. The van der Waals surface area contributed by atoms with Gasteiger partial charge in [0, 0.05) is 16.0 Å². The fourth-order valence-electron chi connectivity index (χ4n) is 3.17. The molecular weight excluding hydrogens is 356 g/mol. The molecule has 0 saturated heterocycles. The van der Waals surface area contributed by atoms with E-state index in [1.807, 2.05) is 11.8 Å². The molecule has 0 fully saturated rings. The summed E-state index contributed by atoms with van der Waals surface area (Å²) < 4.78 is 5.02. The lowest BCUT2D eigenvalue weighted by Crippen LogP contribution is -2.22. The maximum Gasteiger partial charge on any atom is 0.338 e. The van der Waals surface area contributed by atoms with E-state index in [2.05, 4.69) is 43.9 Å². The Morgan fingerprint density at radius 1 is 1.19 bits per heavy atom. The van der Waals surface area contributed by atoms with Gasteiger partial charge in [0.15, 0.2) is 0 Å². The van der Waals surface area contributed by atoms with Crippen LogP contribution in [0.5, 0.6) is 0 Å². The minimum atomic E-state index is -0.421. The normalized spacial score (nSPS) is 14.7. The van der Waals surface area contributed by atoms with Gasteiger partial charge in [-0.25, -0.2) is 4.79 Å². The van der Waals surface area contributed by atoms with Crippen LogP contribution in [0.3, 0.4) is 0 Å². The molecule has 0 bridgehead atoms. The van der Waals surface area contributed by atoms with Crippen molar-refractivity contribution in [3.05, 3.63) is 64.2 Å². The number of aliphatic hydroxyl groups excluding tert-OH is 1. The van der Waals surface area contributed by atoms with Crippen LogP contribution in [0.15, 0.2) is 41.3 Å². The van der Waals surface area contributed by atoms with Crippen LogP contribution >= 0.6 is 11.8 Å². The number of benzene rings is 2. The summed E-state index contributed by atoms with van der Waals surface area (Å²) >= 11 is 1.91. The molecule has 4 heteroatoms. The lowest BCUT2D eigenvalue weighted by Gasteiger charge is -2.32. The number of thioether (sulfide) groups is 1. The monoisotopic (exact) mass is 380 g/mol. The molecule has 3 nitrogen and oxygen atoms in total. The Hall–Kier alpha value is -2.22. The van der Waals surface area contributed by atoms with Crippen molar-refractivity contribution >= 4 is 17.7 Å². The lowest BCUT2D eigenvalue weighted by molar-refractivity contribution is 0.0523. The Morgan fingerprint density at radius 3 is 2.59 bits per heavy atom. The van der Waals surface area contributed by atoms with Crippen molar-refractivity contribution in [2.75, 3.05) is 12.4 Å². The zero-order chi connectivity index (χ0) is 19.4. The van der Waals surface area contributed by atoms with E-state index in [4.69, 9.17) is 4.74 Å². The second-order valence-electron chi connectivity index (χ2n) is 7.19. The summed E-state index contributed by atoms with van der Waals surface area (Å²) in [5.74, 6) is 7.10.